The van der Waals surface area contributed by atoms with E-state index < -0.39 is 0 Å². The summed E-state index contributed by atoms with van der Waals surface area (Å²) in [4.78, 5) is 11.3. The summed E-state index contributed by atoms with van der Waals surface area (Å²) in [6, 6.07) is 14.8. The highest BCUT2D eigenvalue weighted by Crippen LogP contribution is 2.30. The summed E-state index contributed by atoms with van der Waals surface area (Å²) in [5.74, 6) is 1.64. The molecule has 1 aliphatic heterocycles. The summed E-state index contributed by atoms with van der Waals surface area (Å²) < 4.78 is 5.46. The quantitative estimate of drug-likeness (QED) is 0.385. The van der Waals surface area contributed by atoms with Crippen LogP contribution in [0.2, 0.25) is 10.0 Å². The molecular weight excluding hydrogens is 437 g/mol. The van der Waals surface area contributed by atoms with E-state index >= 15 is 0 Å². The Bertz CT molecular complexity index is 1010. The van der Waals surface area contributed by atoms with Gasteiger partial charge < -0.3 is 31.3 Å². The molecule has 10 heteroatoms. The lowest BCUT2D eigenvalue weighted by Gasteiger charge is -2.29. The second-order valence-electron chi connectivity index (χ2n) is 6.90. The van der Waals surface area contributed by atoms with Crippen LogP contribution < -0.4 is 26.6 Å². The van der Waals surface area contributed by atoms with E-state index in [9.17, 15) is 0 Å². The van der Waals surface area contributed by atoms with Gasteiger partial charge in [-0.2, -0.15) is 9.97 Å². The molecule has 5 N–H and O–H groups in total. The molecule has 1 fully saturated rings. The molecule has 0 saturated carbocycles. The molecular formula is C21H23Cl2N7O. The lowest BCUT2D eigenvalue weighted by molar-refractivity contribution is 0.122. The number of nitrogens with zero attached hydrogens (tertiary/aromatic N) is 3. The molecule has 0 aliphatic carbocycles. The molecule has 162 valence electrons. The highest BCUT2D eigenvalue weighted by atomic mass is 35.5. The van der Waals surface area contributed by atoms with E-state index in [4.69, 9.17) is 33.7 Å². The Morgan fingerprint density at radius 2 is 1.48 bits per heavy atom. The van der Waals surface area contributed by atoms with Crippen molar-refractivity contribution in [1.82, 2.24) is 9.97 Å². The second kappa shape index (κ2) is 9.91. The molecule has 4 rings (SSSR count). The van der Waals surface area contributed by atoms with E-state index in [2.05, 4.69) is 30.8 Å². The van der Waals surface area contributed by atoms with Crippen molar-refractivity contribution in [3.8, 4) is 0 Å². The summed E-state index contributed by atoms with van der Waals surface area (Å²) in [6.45, 7) is 3.11. The van der Waals surface area contributed by atoms with Gasteiger partial charge in [-0.25, -0.2) is 0 Å². The number of hydrogen-bond acceptors (Lipinski definition) is 8. The first-order valence-electron chi connectivity index (χ1n) is 9.84. The van der Waals surface area contributed by atoms with Crippen LogP contribution in [0, 0.1) is 0 Å². The largest absolute Gasteiger partial charge is 0.393 e. The van der Waals surface area contributed by atoms with Crippen LogP contribution >= 0.6 is 23.2 Å². The van der Waals surface area contributed by atoms with E-state index in [1.165, 1.54) is 0 Å². The van der Waals surface area contributed by atoms with Gasteiger partial charge in [0.25, 0.3) is 0 Å². The number of aromatic nitrogens is 2. The molecule has 0 atom stereocenters. The van der Waals surface area contributed by atoms with Gasteiger partial charge in [0, 0.05) is 34.5 Å². The predicted molar refractivity (Wildman–Crippen MR) is 128 cm³/mol. The first kappa shape index (κ1) is 21.3. The smallest absolute Gasteiger partial charge is 0.231 e. The minimum atomic E-state index is 0.422. The number of nitrogens with two attached hydrogens (primary N) is 1. The summed E-state index contributed by atoms with van der Waals surface area (Å²) in [5.41, 5.74) is 8.68. The molecule has 2 heterocycles. The number of ether oxygens (including phenoxy) is 1. The molecule has 0 amide bonds. The highest BCUT2D eigenvalue weighted by molar-refractivity contribution is 6.30. The van der Waals surface area contributed by atoms with Crippen LogP contribution in [0.25, 0.3) is 0 Å². The second-order valence-corrected chi connectivity index (χ2v) is 7.77. The van der Waals surface area contributed by atoms with Crippen LogP contribution in [0.5, 0.6) is 0 Å². The standard InChI is InChI=1S/C21H23Cl2N7O/c22-14-1-5-16(6-2-14)25-13-26-19-18(24)20(30-9-11-31-12-10-30)29-21(28-19)27-17-7-3-15(23)4-8-17/h1-8,25H,9-13,24H2,(H2,26,27,28,29). The summed E-state index contributed by atoms with van der Waals surface area (Å²) >= 11 is 11.9. The zero-order valence-corrected chi connectivity index (χ0v) is 18.2. The van der Waals surface area contributed by atoms with Gasteiger partial charge in [0.15, 0.2) is 11.6 Å². The van der Waals surface area contributed by atoms with Crippen molar-refractivity contribution in [1.29, 1.82) is 0 Å². The molecule has 2 aromatic carbocycles. The Hall–Kier alpha value is -2.94. The Balaban J connectivity index is 1.55. The maximum atomic E-state index is 6.44. The minimum Gasteiger partial charge on any atom is -0.393 e. The third-order valence-corrected chi connectivity index (χ3v) is 5.23. The van der Waals surface area contributed by atoms with Gasteiger partial charge in [-0.3, -0.25) is 0 Å². The zero-order valence-electron chi connectivity index (χ0n) is 16.7. The number of hydrogen-bond donors (Lipinski definition) is 4. The van der Waals surface area contributed by atoms with Crippen LogP contribution in [0.4, 0.5) is 34.6 Å². The Morgan fingerprint density at radius 3 is 2.13 bits per heavy atom. The highest BCUT2D eigenvalue weighted by Gasteiger charge is 2.20. The predicted octanol–water partition coefficient (Wildman–Crippen LogP) is 4.43. The van der Waals surface area contributed by atoms with Gasteiger partial charge in [-0.05, 0) is 48.5 Å². The fourth-order valence-electron chi connectivity index (χ4n) is 3.12. The Kier molecular flexibility index (Phi) is 6.81. The van der Waals surface area contributed by atoms with Crippen LogP contribution in [0.1, 0.15) is 0 Å². The first-order valence-corrected chi connectivity index (χ1v) is 10.6. The molecule has 0 spiro atoms. The number of benzene rings is 2. The molecule has 1 aliphatic rings. The van der Waals surface area contributed by atoms with Crippen molar-refractivity contribution in [2.75, 3.05) is 59.6 Å². The minimum absolute atomic E-state index is 0.422. The first-order chi connectivity index (χ1) is 15.1. The average molecular weight is 460 g/mol. The number of halogens is 2. The Morgan fingerprint density at radius 1 is 0.871 bits per heavy atom. The monoisotopic (exact) mass is 459 g/mol. The molecule has 0 unspecified atom stereocenters. The van der Waals surface area contributed by atoms with Crippen LogP contribution in [-0.2, 0) is 4.74 Å². The van der Waals surface area contributed by atoms with Gasteiger partial charge in [-0.15, -0.1) is 0 Å². The van der Waals surface area contributed by atoms with E-state index in [0.717, 1.165) is 11.4 Å². The molecule has 3 aromatic rings. The maximum Gasteiger partial charge on any atom is 0.231 e. The topological polar surface area (TPSA) is 100 Å². The fourth-order valence-corrected chi connectivity index (χ4v) is 3.38. The third kappa shape index (κ3) is 5.61. The van der Waals surface area contributed by atoms with Gasteiger partial charge >= 0.3 is 0 Å². The third-order valence-electron chi connectivity index (χ3n) is 4.73. The molecule has 1 saturated heterocycles. The van der Waals surface area contributed by atoms with Gasteiger partial charge in [0.2, 0.25) is 5.95 Å². The normalized spacial score (nSPS) is 13.7. The van der Waals surface area contributed by atoms with Crippen molar-refractivity contribution in [2.24, 2.45) is 0 Å². The lowest BCUT2D eigenvalue weighted by atomic mass is 10.3. The molecule has 1 aromatic heterocycles. The SMILES string of the molecule is Nc1c(NCNc2ccc(Cl)cc2)nc(Nc2ccc(Cl)cc2)nc1N1CCOCC1. The van der Waals surface area contributed by atoms with E-state index in [1.807, 2.05) is 36.4 Å². The average Bonchev–Trinajstić information content (AvgIpc) is 2.79. The Labute approximate surface area is 190 Å². The van der Waals surface area contributed by atoms with Crippen molar-refractivity contribution < 1.29 is 4.74 Å². The van der Waals surface area contributed by atoms with Crippen LogP contribution in [0.15, 0.2) is 48.5 Å². The fraction of sp³-hybridized carbons (Fsp3) is 0.238. The molecule has 8 nitrogen and oxygen atoms in total. The summed E-state index contributed by atoms with van der Waals surface area (Å²) in [7, 11) is 0. The lowest BCUT2D eigenvalue weighted by Crippen LogP contribution is -2.37. The molecule has 0 bridgehead atoms. The van der Waals surface area contributed by atoms with Gasteiger partial charge in [0.1, 0.15) is 5.69 Å². The molecule has 31 heavy (non-hydrogen) atoms. The van der Waals surface area contributed by atoms with Crippen molar-refractivity contribution >= 4 is 57.8 Å². The van der Waals surface area contributed by atoms with Crippen molar-refractivity contribution in [2.45, 2.75) is 0 Å². The summed E-state index contributed by atoms with van der Waals surface area (Å²) in [6.07, 6.45) is 0. The van der Waals surface area contributed by atoms with E-state index in [1.54, 1.807) is 12.1 Å². The summed E-state index contributed by atoms with van der Waals surface area (Å²) in [5, 5.41) is 11.1. The van der Waals surface area contributed by atoms with E-state index in [-0.39, 0.29) is 0 Å². The van der Waals surface area contributed by atoms with Gasteiger partial charge in [-0.1, -0.05) is 23.2 Å². The zero-order chi connectivity index (χ0) is 21.6. The molecule has 0 radical (unpaired) electrons. The van der Waals surface area contributed by atoms with Crippen LogP contribution in [0.3, 0.4) is 0 Å². The van der Waals surface area contributed by atoms with Gasteiger partial charge in [0.05, 0.1) is 19.9 Å². The van der Waals surface area contributed by atoms with E-state index in [0.29, 0.717) is 66.3 Å². The van der Waals surface area contributed by atoms with Crippen molar-refractivity contribution in [3.05, 3.63) is 58.6 Å². The number of morpholine rings is 1. The van der Waals surface area contributed by atoms with Crippen LogP contribution in [-0.4, -0.2) is 42.9 Å². The maximum absolute atomic E-state index is 6.44. The number of nitrogens with one attached hydrogen (secondary N) is 3. The number of rotatable bonds is 7. The number of anilines is 6. The number of nitrogen functional groups attached to an aromatic ring is 1. The van der Waals surface area contributed by atoms with Crippen molar-refractivity contribution in [3.63, 3.8) is 0 Å².